The fourth-order valence-corrected chi connectivity index (χ4v) is 3.15. The number of anilines is 2. The molecule has 1 aromatic heterocycles. The molecule has 0 unspecified atom stereocenters. The Morgan fingerprint density at radius 3 is 2.40 bits per heavy atom. The number of nitrogens with two attached hydrogens (primary N) is 1. The fourth-order valence-electron chi connectivity index (χ4n) is 2.53. The van der Waals surface area contributed by atoms with Gasteiger partial charge in [0.1, 0.15) is 11.6 Å². The van der Waals surface area contributed by atoms with Gasteiger partial charge in [-0.2, -0.15) is 0 Å². The van der Waals surface area contributed by atoms with Crippen molar-refractivity contribution in [2.24, 2.45) is 0 Å². The number of hydrogen-bond acceptors (Lipinski definition) is 4. The Labute approximate surface area is 151 Å². The smallest absolute Gasteiger partial charge is 0.256 e. The number of pyridine rings is 1. The van der Waals surface area contributed by atoms with Crippen LogP contribution in [-0.4, -0.2) is 17.1 Å². The Bertz CT molecular complexity index is 907. The van der Waals surface area contributed by atoms with E-state index >= 15 is 0 Å². The summed E-state index contributed by atoms with van der Waals surface area (Å²) >= 11 is 1.66. The number of nitrogens with one attached hydrogen (secondary N) is 1. The molecule has 0 aliphatic heterocycles. The SMILES string of the molecule is CSc1ccccc1-c1ccc(NC(=O)c2ccc(C)cc2)nc1N. The van der Waals surface area contributed by atoms with Gasteiger partial charge >= 0.3 is 0 Å². The van der Waals surface area contributed by atoms with E-state index in [-0.39, 0.29) is 5.91 Å². The second kappa shape index (κ2) is 7.40. The van der Waals surface area contributed by atoms with Crippen LogP contribution in [0.5, 0.6) is 0 Å². The summed E-state index contributed by atoms with van der Waals surface area (Å²) in [6, 6.07) is 19.1. The first-order chi connectivity index (χ1) is 12.1. The summed E-state index contributed by atoms with van der Waals surface area (Å²) in [7, 11) is 0. The summed E-state index contributed by atoms with van der Waals surface area (Å²) in [5, 5.41) is 2.79. The number of aromatic nitrogens is 1. The average molecular weight is 349 g/mol. The summed E-state index contributed by atoms with van der Waals surface area (Å²) in [6.45, 7) is 1.98. The van der Waals surface area contributed by atoms with Gasteiger partial charge in [0.15, 0.2) is 0 Å². The number of carbonyl (C=O) groups is 1. The molecule has 3 N–H and O–H groups in total. The minimum atomic E-state index is -0.204. The first-order valence-electron chi connectivity index (χ1n) is 7.86. The Morgan fingerprint density at radius 2 is 1.72 bits per heavy atom. The third kappa shape index (κ3) is 3.83. The van der Waals surface area contributed by atoms with Crippen LogP contribution in [0.1, 0.15) is 15.9 Å². The Hall–Kier alpha value is -2.79. The van der Waals surface area contributed by atoms with E-state index in [2.05, 4.69) is 10.3 Å². The molecule has 0 atom stereocenters. The molecule has 4 nitrogen and oxygen atoms in total. The van der Waals surface area contributed by atoms with E-state index in [0.29, 0.717) is 17.2 Å². The van der Waals surface area contributed by atoms with Gasteiger partial charge in [0.05, 0.1) is 0 Å². The van der Waals surface area contributed by atoms with Crippen LogP contribution >= 0.6 is 11.8 Å². The molecule has 126 valence electrons. The van der Waals surface area contributed by atoms with Crippen molar-refractivity contribution in [2.75, 3.05) is 17.3 Å². The third-order valence-corrected chi connectivity index (χ3v) is 4.67. The third-order valence-electron chi connectivity index (χ3n) is 3.88. The maximum Gasteiger partial charge on any atom is 0.256 e. The minimum absolute atomic E-state index is 0.204. The Morgan fingerprint density at radius 1 is 1.00 bits per heavy atom. The van der Waals surface area contributed by atoms with Crippen LogP contribution in [0.25, 0.3) is 11.1 Å². The van der Waals surface area contributed by atoms with Gasteiger partial charge in [-0.1, -0.05) is 35.9 Å². The van der Waals surface area contributed by atoms with E-state index in [1.54, 1.807) is 30.0 Å². The van der Waals surface area contributed by atoms with Gasteiger partial charge in [-0.05, 0) is 49.1 Å². The number of thioether (sulfide) groups is 1. The number of carbonyl (C=O) groups excluding carboxylic acids is 1. The van der Waals surface area contributed by atoms with Crippen LogP contribution in [-0.2, 0) is 0 Å². The van der Waals surface area contributed by atoms with E-state index in [9.17, 15) is 4.79 Å². The van der Waals surface area contributed by atoms with Gasteiger partial charge < -0.3 is 11.1 Å². The molecule has 1 heterocycles. The van der Waals surface area contributed by atoms with Gasteiger partial charge in [0.25, 0.3) is 5.91 Å². The lowest BCUT2D eigenvalue weighted by atomic mass is 10.1. The highest BCUT2D eigenvalue weighted by molar-refractivity contribution is 7.98. The Balaban J connectivity index is 1.85. The second-order valence-corrected chi connectivity index (χ2v) is 6.50. The molecule has 0 saturated carbocycles. The van der Waals surface area contributed by atoms with Gasteiger partial charge in [-0.25, -0.2) is 4.98 Å². The molecule has 3 aromatic rings. The molecule has 2 aromatic carbocycles. The standard InChI is InChI=1S/C20H19N3OS/c1-13-7-9-14(10-8-13)20(24)23-18-12-11-16(19(21)22-18)15-5-3-4-6-17(15)25-2/h3-12H,1-2H3,(H3,21,22,23,24). The van der Waals surface area contributed by atoms with Crippen molar-refractivity contribution in [2.45, 2.75) is 11.8 Å². The van der Waals surface area contributed by atoms with Crippen molar-refractivity contribution in [1.82, 2.24) is 4.98 Å². The Kier molecular flexibility index (Phi) is 5.05. The van der Waals surface area contributed by atoms with Crippen molar-refractivity contribution in [1.29, 1.82) is 0 Å². The van der Waals surface area contributed by atoms with Gasteiger partial charge in [-0.3, -0.25) is 4.79 Å². The van der Waals surface area contributed by atoms with Crippen molar-refractivity contribution in [3.05, 3.63) is 71.8 Å². The lowest BCUT2D eigenvalue weighted by Crippen LogP contribution is -2.13. The summed E-state index contributed by atoms with van der Waals surface area (Å²) in [4.78, 5) is 17.8. The maximum absolute atomic E-state index is 12.3. The van der Waals surface area contributed by atoms with Crippen LogP contribution in [0.15, 0.2) is 65.6 Å². The zero-order valence-electron chi connectivity index (χ0n) is 14.1. The largest absolute Gasteiger partial charge is 0.383 e. The number of aryl methyl sites for hydroxylation is 1. The molecule has 0 spiro atoms. The van der Waals surface area contributed by atoms with Crippen molar-refractivity contribution >= 4 is 29.3 Å². The molecule has 0 bridgehead atoms. The zero-order chi connectivity index (χ0) is 17.8. The van der Waals surface area contributed by atoms with Crippen LogP contribution < -0.4 is 11.1 Å². The predicted molar refractivity (Wildman–Crippen MR) is 105 cm³/mol. The lowest BCUT2D eigenvalue weighted by Gasteiger charge is -2.11. The topological polar surface area (TPSA) is 68.0 Å². The molecule has 0 fully saturated rings. The van der Waals surface area contributed by atoms with Gasteiger partial charge in [0.2, 0.25) is 0 Å². The zero-order valence-corrected chi connectivity index (χ0v) is 14.9. The number of hydrogen-bond donors (Lipinski definition) is 2. The summed E-state index contributed by atoms with van der Waals surface area (Å²) in [6.07, 6.45) is 2.03. The molecule has 0 radical (unpaired) electrons. The van der Waals surface area contributed by atoms with Crippen LogP contribution in [0.2, 0.25) is 0 Å². The molecule has 0 aliphatic rings. The normalized spacial score (nSPS) is 10.5. The highest BCUT2D eigenvalue weighted by atomic mass is 32.2. The van der Waals surface area contributed by atoms with E-state index in [4.69, 9.17) is 5.73 Å². The van der Waals surface area contributed by atoms with Crippen LogP contribution in [0, 0.1) is 6.92 Å². The fraction of sp³-hybridized carbons (Fsp3) is 0.100. The molecule has 0 saturated heterocycles. The van der Waals surface area contributed by atoms with Crippen molar-refractivity contribution < 1.29 is 4.79 Å². The van der Waals surface area contributed by atoms with Crippen molar-refractivity contribution in [3.63, 3.8) is 0 Å². The highest BCUT2D eigenvalue weighted by Crippen LogP contribution is 2.33. The van der Waals surface area contributed by atoms with Gasteiger partial charge in [0, 0.05) is 16.0 Å². The predicted octanol–water partition coefficient (Wildman–Crippen LogP) is 4.61. The molecule has 5 heteroatoms. The van der Waals surface area contributed by atoms with Crippen LogP contribution in [0.4, 0.5) is 11.6 Å². The van der Waals surface area contributed by atoms with E-state index in [0.717, 1.165) is 21.6 Å². The lowest BCUT2D eigenvalue weighted by molar-refractivity contribution is 0.102. The summed E-state index contributed by atoms with van der Waals surface area (Å²) < 4.78 is 0. The van der Waals surface area contributed by atoms with E-state index in [1.807, 2.05) is 55.6 Å². The molecule has 1 amide bonds. The minimum Gasteiger partial charge on any atom is -0.383 e. The van der Waals surface area contributed by atoms with Gasteiger partial charge in [-0.15, -0.1) is 11.8 Å². The number of nitrogens with zero attached hydrogens (tertiary/aromatic N) is 1. The average Bonchev–Trinajstić information content (AvgIpc) is 2.62. The first-order valence-corrected chi connectivity index (χ1v) is 9.09. The number of nitrogen functional groups attached to an aromatic ring is 1. The summed E-state index contributed by atoms with van der Waals surface area (Å²) in [5.41, 5.74) is 9.73. The quantitative estimate of drug-likeness (QED) is 0.675. The highest BCUT2D eigenvalue weighted by Gasteiger charge is 2.11. The molecular formula is C20H19N3OS. The van der Waals surface area contributed by atoms with Crippen molar-refractivity contribution in [3.8, 4) is 11.1 Å². The van der Waals surface area contributed by atoms with E-state index < -0.39 is 0 Å². The molecular weight excluding hydrogens is 330 g/mol. The summed E-state index contributed by atoms with van der Waals surface area (Å²) in [5.74, 6) is 0.626. The maximum atomic E-state index is 12.3. The number of amides is 1. The monoisotopic (exact) mass is 349 g/mol. The van der Waals surface area contributed by atoms with E-state index in [1.165, 1.54) is 0 Å². The molecule has 3 rings (SSSR count). The first kappa shape index (κ1) is 17.0. The molecule has 0 aliphatic carbocycles. The number of rotatable bonds is 4. The number of benzene rings is 2. The second-order valence-electron chi connectivity index (χ2n) is 5.65. The molecule has 25 heavy (non-hydrogen) atoms. The van der Waals surface area contributed by atoms with Crippen LogP contribution in [0.3, 0.4) is 0 Å².